The summed E-state index contributed by atoms with van der Waals surface area (Å²) in [5.74, 6) is -0.121. The first-order valence-electron chi connectivity index (χ1n) is 9.88. The molecule has 0 unspecified atom stereocenters. The molecule has 5 rings (SSSR count). The Kier molecular flexibility index (Phi) is 5.05. The molecule has 5 heterocycles. The molecule has 1 amide bonds. The Morgan fingerprint density at radius 3 is 2.87 bits per heavy atom. The minimum absolute atomic E-state index is 0.121. The zero-order valence-electron chi connectivity index (χ0n) is 16.9. The van der Waals surface area contributed by atoms with Crippen molar-refractivity contribution < 1.29 is 4.79 Å². The molecule has 1 N–H and O–H groups in total. The van der Waals surface area contributed by atoms with Crippen LogP contribution in [0.5, 0.6) is 0 Å². The highest BCUT2D eigenvalue weighted by Gasteiger charge is 2.17. The van der Waals surface area contributed by atoms with E-state index in [-0.39, 0.29) is 5.91 Å². The fraction of sp³-hybridized carbons (Fsp3) is 0.130. The predicted octanol–water partition coefficient (Wildman–Crippen LogP) is 3.94. The molecule has 0 saturated heterocycles. The van der Waals surface area contributed by atoms with Crippen LogP contribution >= 0.6 is 11.3 Å². The van der Waals surface area contributed by atoms with Gasteiger partial charge in [0.2, 0.25) is 0 Å². The maximum absolute atomic E-state index is 13.0. The summed E-state index contributed by atoms with van der Waals surface area (Å²) in [6.45, 7) is 3.12. The quantitative estimate of drug-likeness (QED) is 0.444. The van der Waals surface area contributed by atoms with Gasteiger partial charge in [-0.3, -0.25) is 9.78 Å². The predicted molar refractivity (Wildman–Crippen MR) is 120 cm³/mol. The lowest BCUT2D eigenvalue weighted by atomic mass is 10.2. The highest BCUT2D eigenvalue weighted by molar-refractivity contribution is 7.09. The summed E-state index contributed by atoms with van der Waals surface area (Å²) < 4.78 is 4.01. The number of carbonyl (C=O) groups is 1. The molecule has 0 radical (unpaired) electrons. The molecule has 0 saturated carbocycles. The first kappa shape index (κ1) is 19.2. The second-order valence-electron chi connectivity index (χ2n) is 7.23. The number of fused-ring (bicyclic) bond motifs is 1. The normalized spacial score (nSPS) is 11.1. The van der Waals surface area contributed by atoms with E-state index in [0.29, 0.717) is 18.7 Å². The maximum atomic E-state index is 13.0. The second kappa shape index (κ2) is 8.16. The lowest BCUT2D eigenvalue weighted by Gasteiger charge is -2.04. The van der Waals surface area contributed by atoms with E-state index in [0.717, 1.165) is 33.2 Å². The molecular weight excluding hydrogens is 408 g/mol. The van der Waals surface area contributed by atoms with Crippen molar-refractivity contribution in [2.45, 2.75) is 20.0 Å². The molecule has 0 atom stereocenters. The number of aromatic nitrogens is 5. The van der Waals surface area contributed by atoms with Crippen molar-refractivity contribution >= 4 is 22.8 Å². The van der Waals surface area contributed by atoms with Crippen LogP contribution in [0.2, 0.25) is 0 Å². The highest BCUT2D eigenvalue weighted by atomic mass is 32.1. The van der Waals surface area contributed by atoms with Gasteiger partial charge < -0.3 is 14.3 Å². The highest BCUT2D eigenvalue weighted by Crippen LogP contribution is 2.25. The lowest BCUT2D eigenvalue weighted by Crippen LogP contribution is -2.22. The van der Waals surface area contributed by atoms with E-state index in [4.69, 9.17) is 0 Å². The Morgan fingerprint density at radius 2 is 2.06 bits per heavy atom. The van der Waals surface area contributed by atoms with Crippen molar-refractivity contribution in [1.82, 2.24) is 29.2 Å². The lowest BCUT2D eigenvalue weighted by molar-refractivity contribution is 0.0952. The van der Waals surface area contributed by atoms with Crippen LogP contribution in [0, 0.1) is 6.92 Å². The van der Waals surface area contributed by atoms with Crippen molar-refractivity contribution in [3.8, 4) is 11.4 Å². The summed E-state index contributed by atoms with van der Waals surface area (Å²) in [5.41, 5.74) is 5.16. The SMILES string of the molecule is Cc1nc(Cn2cnc(-c3cc(C(=O)NCc4ccncc4)c4ccccn34)c2)cs1. The summed E-state index contributed by atoms with van der Waals surface area (Å²) in [7, 11) is 0. The van der Waals surface area contributed by atoms with E-state index >= 15 is 0 Å². The van der Waals surface area contributed by atoms with Gasteiger partial charge in [0.15, 0.2) is 0 Å². The molecule has 5 aromatic heterocycles. The van der Waals surface area contributed by atoms with E-state index in [2.05, 4.69) is 25.6 Å². The third-order valence-electron chi connectivity index (χ3n) is 5.03. The van der Waals surface area contributed by atoms with E-state index in [9.17, 15) is 4.79 Å². The first-order valence-corrected chi connectivity index (χ1v) is 10.8. The van der Waals surface area contributed by atoms with E-state index in [1.165, 1.54) is 0 Å². The molecule has 0 aliphatic carbocycles. The van der Waals surface area contributed by atoms with Crippen LogP contribution in [-0.4, -0.2) is 29.8 Å². The number of aryl methyl sites for hydroxylation is 1. The van der Waals surface area contributed by atoms with Gasteiger partial charge in [-0.15, -0.1) is 11.3 Å². The van der Waals surface area contributed by atoms with Gasteiger partial charge >= 0.3 is 0 Å². The number of hydrogen-bond acceptors (Lipinski definition) is 5. The monoisotopic (exact) mass is 428 g/mol. The van der Waals surface area contributed by atoms with Crippen molar-refractivity contribution in [2.24, 2.45) is 0 Å². The zero-order chi connectivity index (χ0) is 21.2. The number of imidazole rings is 1. The van der Waals surface area contributed by atoms with Gasteiger partial charge in [-0.25, -0.2) is 9.97 Å². The van der Waals surface area contributed by atoms with Crippen LogP contribution in [0.3, 0.4) is 0 Å². The maximum Gasteiger partial charge on any atom is 0.253 e. The standard InChI is InChI=1S/C23H20N6OS/c1-16-27-18(14-31-16)12-28-13-20(26-15-28)22-10-19(21-4-2-3-9-29(21)22)23(30)25-11-17-5-7-24-8-6-17/h2-10,13-15H,11-12H2,1H3,(H,25,30). The Balaban J connectivity index is 1.43. The van der Waals surface area contributed by atoms with E-state index < -0.39 is 0 Å². The minimum Gasteiger partial charge on any atom is -0.348 e. The smallest absolute Gasteiger partial charge is 0.253 e. The van der Waals surface area contributed by atoms with E-state index in [1.807, 2.05) is 64.7 Å². The Labute approximate surface area is 183 Å². The first-order chi connectivity index (χ1) is 15.2. The Hall–Kier alpha value is -3.78. The van der Waals surface area contributed by atoms with Gasteiger partial charge in [0.1, 0.15) is 5.69 Å². The molecule has 7 nitrogen and oxygen atoms in total. The van der Waals surface area contributed by atoms with Gasteiger partial charge in [-0.05, 0) is 42.8 Å². The van der Waals surface area contributed by atoms with Crippen LogP contribution in [0.15, 0.2) is 72.9 Å². The van der Waals surface area contributed by atoms with Gasteiger partial charge in [-0.2, -0.15) is 0 Å². The molecule has 0 aliphatic heterocycles. The topological polar surface area (TPSA) is 77.1 Å². The van der Waals surface area contributed by atoms with Crippen LogP contribution in [-0.2, 0) is 13.1 Å². The number of amides is 1. The summed E-state index contributed by atoms with van der Waals surface area (Å²) in [5, 5.41) is 6.11. The number of nitrogens with zero attached hydrogens (tertiary/aromatic N) is 5. The second-order valence-corrected chi connectivity index (χ2v) is 8.29. The Bertz CT molecular complexity index is 1350. The fourth-order valence-corrected chi connectivity index (χ4v) is 4.16. The number of hydrogen-bond donors (Lipinski definition) is 1. The van der Waals surface area contributed by atoms with Crippen LogP contribution in [0.25, 0.3) is 16.9 Å². The number of thiazole rings is 1. The molecule has 154 valence electrons. The number of pyridine rings is 2. The molecule has 0 bridgehead atoms. The fourth-order valence-electron chi connectivity index (χ4n) is 3.56. The summed E-state index contributed by atoms with van der Waals surface area (Å²) in [6, 6.07) is 11.5. The summed E-state index contributed by atoms with van der Waals surface area (Å²) in [6.07, 6.45) is 9.18. The third-order valence-corrected chi connectivity index (χ3v) is 5.85. The van der Waals surface area contributed by atoms with Gasteiger partial charge in [0.25, 0.3) is 5.91 Å². The number of nitrogens with one attached hydrogen (secondary N) is 1. The van der Waals surface area contributed by atoms with Crippen molar-refractivity contribution in [2.75, 3.05) is 0 Å². The van der Waals surface area contributed by atoms with Crippen LogP contribution in [0.4, 0.5) is 0 Å². The van der Waals surface area contributed by atoms with Crippen LogP contribution < -0.4 is 5.32 Å². The van der Waals surface area contributed by atoms with Gasteiger partial charge in [0, 0.05) is 36.7 Å². The molecule has 0 spiro atoms. The third kappa shape index (κ3) is 3.97. The molecule has 8 heteroatoms. The Morgan fingerprint density at radius 1 is 1.19 bits per heavy atom. The molecular formula is C23H20N6OS. The molecule has 5 aromatic rings. The largest absolute Gasteiger partial charge is 0.348 e. The van der Waals surface area contributed by atoms with E-state index in [1.54, 1.807) is 30.1 Å². The molecule has 0 fully saturated rings. The molecule has 0 aromatic carbocycles. The molecule has 31 heavy (non-hydrogen) atoms. The summed E-state index contributed by atoms with van der Waals surface area (Å²) >= 11 is 1.64. The summed E-state index contributed by atoms with van der Waals surface area (Å²) in [4.78, 5) is 26.1. The number of carbonyl (C=O) groups excluding carboxylic acids is 1. The average molecular weight is 429 g/mol. The van der Waals surface area contributed by atoms with Gasteiger partial charge in [-0.1, -0.05) is 6.07 Å². The van der Waals surface area contributed by atoms with Crippen molar-refractivity contribution in [3.05, 3.63) is 94.7 Å². The zero-order valence-corrected chi connectivity index (χ0v) is 17.7. The van der Waals surface area contributed by atoms with Gasteiger partial charge in [0.05, 0.1) is 40.3 Å². The number of rotatable bonds is 6. The van der Waals surface area contributed by atoms with Crippen molar-refractivity contribution in [1.29, 1.82) is 0 Å². The molecule has 0 aliphatic rings. The average Bonchev–Trinajstić information content (AvgIpc) is 3.51. The van der Waals surface area contributed by atoms with Crippen molar-refractivity contribution in [3.63, 3.8) is 0 Å². The minimum atomic E-state index is -0.121. The van der Waals surface area contributed by atoms with Crippen LogP contribution in [0.1, 0.15) is 26.6 Å².